The number of esters is 1. The molecule has 3 rings (SSSR count). The Morgan fingerprint density at radius 3 is 2.25 bits per heavy atom. The Hall–Kier alpha value is -2.92. The van der Waals surface area contributed by atoms with E-state index in [0.29, 0.717) is 11.1 Å². The lowest BCUT2D eigenvalue weighted by Gasteiger charge is -2.28. The van der Waals surface area contributed by atoms with E-state index < -0.39 is 17.5 Å². The third kappa shape index (κ3) is 2.70. The molecule has 0 aromatic heterocycles. The smallest absolute Gasteiger partial charge is 0.376 e. The van der Waals surface area contributed by atoms with Crippen molar-refractivity contribution in [2.24, 2.45) is 0 Å². The van der Waals surface area contributed by atoms with E-state index in [0.717, 1.165) is 0 Å². The number of rotatable bonds is 5. The van der Waals surface area contributed by atoms with E-state index in [2.05, 4.69) is 0 Å². The van der Waals surface area contributed by atoms with Crippen LogP contribution in [0.4, 0.5) is 0 Å². The Bertz CT molecular complexity index is 795. The lowest BCUT2D eigenvalue weighted by Crippen LogP contribution is -2.36. The van der Waals surface area contributed by atoms with Crippen molar-refractivity contribution in [2.45, 2.75) is 12.2 Å². The van der Waals surface area contributed by atoms with Crippen molar-refractivity contribution in [3.63, 3.8) is 0 Å². The number of hydrogen-bond donors (Lipinski definition) is 1. The van der Waals surface area contributed by atoms with Gasteiger partial charge in [0.05, 0.1) is 12.0 Å². The van der Waals surface area contributed by atoms with Crippen LogP contribution in [0, 0.1) is 0 Å². The molecule has 0 spiro atoms. The van der Waals surface area contributed by atoms with Crippen molar-refractivity contribution >= 4 is 17.3 Å². The number of ketones is 1. The second-order valence-corrected chi connectivity index (χ2v) is 5.40. The fourth-order valence-corrected chi connectivity index (χ4v) is 2.77. The van der Waals surface area contributed by atoms with Gasteiger partial charge in [-0.2, -0.15) is 0 Å². The number of ether oxygens (including phenoxy) is 2. The predicted molar refractivity (Wildman–Crippen MR) is 87.2 cm³/mol. The van der Waals surface area contributed by atoms with Crippen molar-refractivity contribution in [3.8, 4) is 0 Å². The van der Waals surface area contributed by atoms with E-state index in [1.54, 1.807) is 54.6 Å². The summed E-state index contributed by atoms with van der Waals surface area (Å²) in [7, 11) is 1.34. The highest BCUT2D eigenvalue weighted by Gasteiger charge is 2.50. The van der Waals surface area contributed by atoms with Gasteiger partial charge in [-0.25, -0.2) is 4.79 Å². The average molecular weight is 324 g/mol. The molecule has 24 heavy (non-hydrogen) atoms. The Kier molecular flexibility index (Phi) is 4.18. The lowest BCUT2D eigenvalue weighted by atomic mass is 9.92. The second kappa shape index (κ2) is 6.29. The van der Waals surface area contributed by atoms with Crippen LogP contribution in [-0.4, -0.2) is 29.8 Å². The van der Waals surface area contributed by atoms with Gasteiger partial charge >= 0.3 is 5.97 Å². The van der Waals surface area contributed by atoms with Gasteiger partial charge in [-0.3, -0.25) is 4.79 Å². The van der Waals surface area contributed by atoms with Gasteiger partial charge in [-0.1, -0.05) is 60.7 Å². The van der Waals surface area contributed by atoms with E-state index in [1.807, 2.05) is 6.07 Å². The predicted octanol–water partition coefficient (Wildman–Crippen LogP) is 3.13. The summed E-state index contributed by atoms with van der Waals surface area (Å²) in [5.74, 6) is -3.34. The van der Waals surface area contributed by atoms with E-state index in [4.69, 9.17) is 9.47 Å². The van der Waals surface area contributed by atoms with E-state index >= 15 is 0 Å². The second-order valence-electron chi connectivity index (χ2n) is 5.40. The molecule has 0 saturated heterocycles. The first kappa shape index (κ1) is 16.0. The van der Waals surface area contributed by atoms with E-state index in [9.17, 15) is 14.7 Å². The highest BCUT2D eigenvalue weighted by atomic mass is 16.7. The van der Waals surface area contributed by atoms with Crippen LogP contribution < -0.4 is 0 Å². The lowest BCUT2D eigenvalue weighted by molar-refractivity contribution is -0.185. The van der Waals surface area contributed by atoms with Gasteiger partial charge in [0.1, 0.15) is 0 Å². The minimum Gasteiger partial charge on any atom is -0.501 e. The van der Waals surface area contributed by atoms with Crippen molar-refractivity contribution < 1.29 is 24.2 Å². The van der Waals surface area contributed by atoms with Crippen LogP contribution in [0.3, 0.4) is 0 Å². The van der Waals surface area contributed by atoms with E-state index in [1.165, 1.54) is 7.11 Å². The van der Waals surface area contributed by atoms with Crippen LogP contribution in [-0.2, 0) is 14.3 Å². The molecule has 0 amide bonds. The van der Waals surface area contributed by atoms with Crippen LogP contribution in [0.2, 0.25) is 0 Å². The number of Topliss-reactive ketones (excluding diaryl/α,β-unsaturated/α-hetero) is 1. The maximum Gasteiger partial charge on any atom is 0.376 e. The number of benzene rings is 2. The molecule has 2 aromatic rings. The highest BCUT2D eigenvalue weighted by Crippen LogP contribution is 2.42. The molecular formula is C19H16O5. The van der Waals surface area contributed by atoms with Crippen molar-refractivity contribution in [1.82, 2.24) is 0 Å². The Labute approximate surface area is 139 Å². The van der Waals surface area contributed by atoms with Crippen LogP contribution >= 0.6 is 0 Å². The quantitative estimate of drug-likeness (QED) is 0.676. The zero-order valence-electron chi connectivity index (χ0n) is 13.1. The molecule has 0 radical (unpaired) electrons. The molecule has 1 heterocycles. The highest BCUT2D eigenvalue weighted by molar-refractivity contribution is 6.05. The minimum absolute atomic E-state index is 0.167. The summed E-state index contributed by atoms with van der Waals surface area (Å²) in [6, 6.07) is 17.4. The summed E-state index contributed by atoms with van der Waals surface area (Å²) in [4.78, 5) is 24.5. The SMILES string of the molecule is CO[C@@]1(CC(=O)c2ccccc2)OC(=O)C(O)=C1c1ccccc1. The van der Waals surface area contributed by atoms with Crippen molar-refractivity contribution in [1.29, 1.82) is 0 Å². The maximum absolute atomic E-state index is 12.6. The maximum atomic E-state index is 12.6. The van der Waals surface area contributed by atoms with Crippen LogP contribution in [0.15, 0.2) is 66.4 Å². The molecule has 0 fully saturated rings. The molecule has 1 N–H and O–H groups in total. The number of carbonyl (C=O) groups excluding carboxylic acids is 2. The molecular weight excluding hydrogens is 308 g/mol. The molecule has 122 valence electrons. The van der Waals surface area contributed by atoms with Crippen molar-refractivity contribution in [2.75, 3.05) is 7.11 Å². The number of methoxy groups -OCH3 is 1. The first-order valence-electron chi connectivity index (χ1n) is 7.43. The van der Waals surface area contributed by atoms with Crippen LogP contribution in [0.25, 0.3) is 5.57 Å². The number of hydrogen-bond acceptors (Lipinski definition) is 5. The summed E-state index contributed by atoms with van der Waals surface area (Å²) in [6.45, 7) is 0. The normalized spacial score (nSPS) is 20.1. The Morgan fingerprint density at radius 2 is 1.67 bits per heavy atom. The fraction of sp³-hybridized carbons (Fsp3) is 0.158. The van der Waals surface area contributed by atoms with Gasteiger partial charge in [0.15, 0.2) is 5.78 Å². The molecule has 5 nitrogen and oxygen atoms in total. The van der Waals surface area contributed by atoms with Gasteiger partial charge in [-0.15, -0.1) is 0 Å². The number of carbonyl (C=O) groups is 2. The van der Waals surface area contributed by atoms with Crippen LogP contribution in [0.5, 0.6) is 0 Å². The topological polar surface area (TPSA) is 72.8 Å². The van der Waals surface area contributed by atoms with Crippen LogP contribution in [0.1, 0.15) is 22.3 Å². The standard InChI is InChI=1S/C19H16O5/c1-23-19(12-15(20)13-8-4-2-5-9-13)16(17(21)18(22)24-19)14-10-6-3-7-11-14/h2-11,21H,12H2,1H3/t19-/m0/s1. The summed E-state index contributed by atoms with van der Waals surface area (Å²) >= 11 is 0. The first-order valence-corrected chi connectivity index (χ1v) is 7.43. The molecule has 1 atom stereocenters. The molecule has 1 aliphatic heterocycles. The molecule has 0 aliphatic carbocycles. The average Bonchev–Trinajstić information content (AvgIpc) is 2.87. The van der Waals surface area contributed by atoms with Gasteiger partial charge in [0, 0.05) is 12.7 Å². The summed E-state index contributed by atoms with van der Waals surface area (Å²) in [5.41, 5.74) is 1.20. The van der Waals surface area contributed by atoms with Gasteiger partial charge in [0.2, 0.25) is 5.76 Å². The Balaban J connectivity index is 2.02. The Morgan fingerprint density at radius 1 is 1.08 bits per heavy atom. The molecule has 5 heteroatoms. The third-order valence-electron chi connectivity index (χ3n) is 3.95. The number of aliphatic hydroxyl groups is 1. The minimum atomic E-state index is -1.64. The largest absolute Gasteiger partial charge is 0.501 e. The summed E-state index contributed by atoms with van der Waals surface area (Å²) in [6.07, 6.45) is -0.229. The zero-order valence-corrected chi connectivity index (χ0v) is 13.1. The first-order chi connectivity index (χ1) is 11.6. The monoisotopic (exact) mass is 324 g/mol. The molecule has 2 aromatic carbocycles. The summed E-state index contributed by atoms with van der Waals surface area (Å²) in [5, 5.41) is 10.2. The molecule has 0 bridgehead atoms. The van der Waals surface area contributed by atoms with Gasteiger partial charge in [0.25, 0.3) is 5.79 Å². The van der Waals surface area contributed by atoms with Gasteiger partial charge < -0.3 is 14.6 Å². The number of aliphatic hydroxyl groups excluding tert-OH is 1. The third-order valence-corrected chi connectivity index (χ3v) is 3.95. The van der Waals surface area contributed by atoms with E-state index in [-0.39, 0.29) is 17.8 Å². The molecule has 1 aliphatic rings. The molecule has 0 unspecified atom stereocenters. The van der Waals surface area contributed by atoms with Gasteiger partial charge in [-0.05, 0) is 5.56 Å². The fourth-order valence-electron chi connectivity index (χ4n) is 2.77. The molecule has 0 saturated carbocycles. The number of cyclic esters (lactones) is 1. The zero-order chi connectivity index (χ0) is 17.2. The van der Waals surface area contributed by atoms with Crippen molar-refractivity contribution in [3.05, 3.63) is 77.5 Å². The summed E-state index contributed by atoms with van der Waals surface area (Å²) < 4.78 is 10.7.